The average Bonchev–Trinajstić information content (AvgIpc) is 2.28. The zero-order valence-electron chi connectivity index (χ0n) is 10.2. The number of nitrogens with one attached hydrogen (secondary N) is 1. The van der Waals surface area contributed by atoms with Gasteiger partial charge < -0.3 is 16.2 Å². The summed E-state index contributed by atoms with van der Waals surface area (Å²) in [6, 6.07) is 3.36. The monoisotopic (exact) mass is 237 g/mol. The number of aromatic nitrogens is 1. The fourth-order valence-corrected chi connectivity index (χ4v) is 1.61. The number of anilines is 1. The van der Waals surface area contributed by atoms with Crippen LogP contribution < -0.4 is 11.1 Å². The van der Waals surface area contributed by atoms with Crippen molar-refractivity contribution < 1.29 is 9.90 Å². The number of hydrogen-bond donors (Lipinski definition) is 3. The van der Waals surface area contributed by atoms with E-state index < -0.39 is 5.91 Å². The van der Waals surface area contributed by atoms with Gasteiger partial charge in [0.15, 0.2) is 0 Å². The third kappa shape index (κ3) is 3.71. The summed E-state index contributed by atoms with van der Waals surface area (Å²) in [6.07, 6.45) is 2.21. The third-order valence-corrected chi connectivity index (χ3v) is 2.64. The van der Waals surface area contributed by atoms with Crippen LogP contribution in [0.25, 0.3) is 0 Å². The highest BCUT2D eigenvalue weighted by molar-refractivity contribution is 5.97. The highest BCUT2D eigenvalue weighted by Crippen LogP contribution is 2.16. The van der Waals surface area contributed by atoms with Gasteiger partial charge in [0.2, 0.25) is 0 Å². The largest absolute Gasteiger partial charge is 0.396 e. The van der Waals surface area contributed by atoms with Crippen molar-refractivity contribution in [1.82, 2.24) is 4.98 Å². The van der Waals surface area contributed by atoms with Crippen LogP contribution in [-0.2, 0) is 0 Å². The number of pyridine rings is 1. The molecule has 1 aromatic heterocycles. The van der Waals surface area contributed by atoms with Crippen molar-refractivity contribution in [2.24, 2.45) is 11.7 Å². The zero-order chi connectivity index (χ0) is 12.8. The fourth-order valence-electron chi connectivity index (χ4n) is 1.61. The van der Waals surface area contributed by atoms with Gasteiger partial charge in [-0.15, -0.1) is 0 Å². The van der Waals surface area contributed by atoms with Crippen LogP contribution in [0.15, 0.2) is 18.3 Å². The Morgan fingerprint density at radius 2 is 2.29 bits per heavy atom. The van der Waals surface area contributed by atoms with Crippen molar-refractivity contribution in [2.45, 2.75) is 26.3 Å². The second-order valence-electron chi connectivity index (χ2n) is 4.27. The first-order valence-corrected chi connectivity index (χ1v) is 5.68. The molecule has 94 valence electrons. The first-order chi connectivity index (χ1) is 8.06. The van der Waals surface area contributed by atoms with Crippen molar-refractivity contribution in [1.29, 1.82) is 0 Å². The highest BCUT2D eigenvalue weighted by Gasteiger charge is 2.16. The van der Waals surface area contributed by atoms with Crippen LogP contribution in [0.2, 0.25) is 0 Å². The lowest BCUT2D eigenvalue weighted by atomic mass is 10.0. The molecular weight excluding hydrogens is 218 g/mol. The lowest BCUT2D eigenvalue weighted by Crippen LogP contribution is -2.29. The Kier molecular flexibility index (Phi) is 4.90. The minimum absolute atomic E-state index is 0.0630. The number of nitrogens with two attached hydrogens (primary N) is 1. The molecule has 1 heterocycles. The van der Waals surface area contributed by atoms with Gasteiger partial charge >= 0.3 is 0 Å². The first-order valence-electron chi connectivity index (χ1n) is 5.68. The van der Waals surface area contributed by atoms with Gasteiger partial charge in [0, 0.05) is 18.8 Å². The Morgan fingerprint density at radius 1 is 1.59 bits per heavy atom. The molecule has 5 nitrogen and oxygen atoms in total. The lowest BCUT2D eigenvalue weighted by Gasteiger charge is -2.22. The van der Waals surface area contributed by atoms with E-state index in [0.717, 1.165) is 0 Å². The smallest absolute Gasteiger partial charge is 0.252 e. The fraction of sp³-hybridized carbons (Fsp3) is 0.500. The van der Waals surface area contributed by atoms with Gasteiger partial charge in [0.25, 0.3) is 5.91 Å². The molecule has 0 fully saturated rings. The molecule has 0 aromatic carbocycles. The van der Waals surface area contributed by atoms with E-state index in [2.05, 4.69) is 10.3 Å². The average molecular weight is 237 g/mol. The summed E-state index contributed by atoms with van der Waals surface area (Å²) in [5.41, 5.74) is 5.64. The number of rotatable bonds is 6. The summed E-state index contributed by atoms with van der Waals surface area (Å²) in [6.45, 7) is 4.18. The number of primary amides is 1. The molecule has 5 heteroatoms. The normalized spacial score (nSPS) is 12.5. The van der Waals surface area contributed by atoms with E-state index in [1.165, 1.54) is 0 Å². The van der Waals surface area contributed by atoms with Crippen molar-refractivity contribution in [3.05, 3.63) is 23.9 Å². The predicted molar refractivity (Wildman–Crippen MR) is 66.7 cm³/mol. The Bertz CT molecular complexity index is 380. The predicted octanol–water partition coefficient (Wildman–Crippen LogP) is 0.999. The molecule has 1 aromatic rings. The molecular formula is C12H19N3O2. The Balaban J connectivity index is 2.88. The summed E-state index contributed by atoms with van der Waals surface area (Å²) in [7, 11) is 0. The quantitative estimate of drug-likeness (QED) is 0.688. The maximum absolute atomic E-state index is 11.2. The van der Waals surface area contributed by atoms with Gasteiger partial charge in [-0.05, 0) is 24.5 Å². The van der Waals surface area contributed by atoms with Crippen LogP contribution in [0.3, 0.4) is 0 Å². The topological polar surface area (TPSA) is 88.2 Å². The molecule has 4 N–H and O–H groups in total. The van der Waals surface area contributed by atoms with Crippen molar-refractivity contribution in [3.8, 4) is 0 Å². The summed E-state index contributed by atoms with van der Waals surface area (Å²) < 4.78 is 0. The molecule has 1 rings (SSSR count). The van der Waals surface area contributed by atoms with E-state index in [1.807, 2.05) is 13.8 Å². The minimum Gasteiger partial charge on any atom is -0.396 e. The second kappa shape index (κ2) is 6.20. The summed E-state index contributed by atoms with van der Waals surface area (Å²) in [4.78, 5) is 15.3. The summed E-state index contributed by atoms with van der Waals surface area (Å²) in [5.74, 6) is 0.295. The molecule has 0 aliphatic carbocycles. The number of amides is 1. The van der Waals surface area contributed by atoms with E-state index in [-0.39, 0.29) is 12.6 Å². The van der Waals surface area contributed by atoms with Crippen molar-refractivity contribution in [3.63, 3.8) is 0 Å². The van der Waals surface area contributed by atoms with Crippen LogP contribution in [-0.4, -0.2) is 28.6 Å². The van der Waals surface area contributed by atoms with E-state index in [0.29, 0.717) is 23.7 Å². The first kappa shape index (κ1) is 13.4. The number of carbonyl (C=O) groups is 1. The van der Waals surface area contributed by atoms with E-state index in [4.69, 9.17) is 10.8 Å². The highest BCUT2D eigenvalue weighted by atomic mass is 16.3. The van der Waals surface area contributed by atoms with Crippen molar-refractivity contribution >= 4 is 11.7 Å². The van der Waals surface area contributed by atoms with Crippen molar-refractivity contribution in [2.75, 3.05) is 11.9 Å². The molecule has 1 unspecified atom stereocenters. The number of aliphatic hydroxyl groups is 1. The molecule has 0 aliphatic heterocycles. The molecule has 17 heavy (non-hydrogen) atoms. The second-order valence-corrected chi connectivity index (χ2v) is 4.27. The zero-order valence-corrected chi connectivity index (χ0v) is 10.2. The van der Waals surface area contributed by atoms with E-state index >= 15 is 0 Å². The molecule has 0 radical (unpaired) electrons. The van der Waals surface area contributed by atoms with Crippen LogP contribution in [0.4, 0.5) is 5.82 Å². The van der Waals surface area contributed by atoms with Gasteiger partial charge in [-0.3, -0.25) is 4.79 Å². The van der Waals surface area contributed by atoms with Crippen LogP contribution in [0.5, 0.6) is 0 Å². The number of hydrogen-bond acceptors (Lipinski definition) is 4. The molecule has 1 atom stereocenters. The molecule has 0 spiro atoms. The van der Waals surface area contributed by atoms with Crippen LogP contribution in [0, 0.1) is 5.92 Å². The lowest BCUT2D eigenvalue weighted by molar-refractivity contribution is 0.100. The summed E-state index contributed by atoms with van der Waals surface area (Å²) in [5, 5.41) is 12.1. The third-order valence-electron chi connectivity index (χ3n) is 2.64. The standard InChI is InChI=1S/C12H19N3O2/c1-8(2)10(5-7-16)15-12-9(11(13)17)4-3-6-14-12/h3-4,6,8,10,16H,5,7H2,1-2H3,(H2,13,17)(H,14,15). The van der Waals surface area contributed by atoms with Gasteiger partial charge in [-0.2, -0.15) is 0 Å². The molecule has 0 aliphatic rings. The van der Waals surface area contributed by atoms with E-state index in [1.54, 1.807) is 18.3 Å². The van der Waals surface area contributed by atoms with Gasteiger partial charge in [-0.1, -0.05) is 13.8 Å². The Morgan fingerprint density at radius 3 is 2.82 bits per heavy atom. The van der Waals surface area contributed by atoms with E-state index in [9.17, 15) is 4.79 Å². The maximum atomic E-state index is 11.2. The molecule has 0 saturated carbocycles. The summed E-state index contributed by atoms with van der Waals surface area (Å²) >= 11 is 0. The molecule has 0 saturated heterocycles. The van der Waals surface area contributed by atoms with Gasteiger partial charge in [-0.25, -0.2) is 4.98 Å². The number of nitrogens with zero attached hydrogens (tertiary/aromatic N) is 1. The molecule has 1 amide bonds. The Hall–Kier alpha value is -1.62. The SMILES string of the molecule is CC(C)C(CCO)Nc1ncccc1C(N)=O. The Labute approximate surface area is 101 Å². The van der Waals surface area contributed by atoms with Gasteiger partial charge in [0.05, 0.1) is 5.56 Å². The minimum atomic E-state index is -0.507. The number of carbonyl (C=O) groups excluding carboxylic acids is 1. The van der Waals surface area contributed by atoms with Crippen LogP contribution >= 0.6 is 0 Å². The van der Waals surface area contributed by atoms with Gasteiger partial charge in [0.1, 0.15) is 5.82 Å². The number of aliphatic hydroxyl groups excluding tert-OH is 1. The maximum Gasteiger partial charge on any atom is 0.252 e. The van der Waals surface area contributed by atoms with Crippen LogP contribution in [0.1, 0.15) is 30.6 Å². The molecule has 0 bridgehead atoms.